The minimum Gasteiger partial charge on any atom is -0.480 e. The quantitative estimate of drug-likeness (QED) is 0.679. The van der Waals surface area contributed by atoms with E-state index in [-0.39, 0.29) is 10.8 Å². The van der Waals surface area contributed by atoms with Gasteiger partial charge in [-0.15, -0.1) is 0 Å². The molecule has 140 valence electrons. The monoisotopic (exact) mass is 378 g/mol. The third-order valence-corrected chi connectivity index (χ3v) is 5.43. The zero-order valence-electron chi connectivity index (χ0n) is 14.8. The maximum absolute atomic E-state index is 12.7. The summed E-state index contributed by atoms with van der Waals surface area (Å²) in [5, 5.41) is 12.9. The summed E-state index contributed by atoms with van der Waals surface area (Å²) >= 11 is 0. The number of benzene rings is 2. The lowest BCUT2D eigenvalue weighted by atomic mass is 10.0. The summed E-state index contributed by atoms with van der Waals surface area (Å²) in [5.41, 5.74) is 0. The van der Waals surface area contributed by atoms with Crippen LogP contribution in [-0.2, 0) is 19.6 Å². The van der Waals surface area contributed by atoms with Crippen LogP contribution in [0.5, 0.6) is 0 Å². The van der Waals surface area contributed by atoms with Crippen LogP contribution in [-0.4, -0.2) is 37.5 Å². The van der Waals surface area contributed by atoms with E-state index in [1.165, 1.54) is 19.1 Å². The summed E-state index contributed by atoms with van der Waals surface area (Å²) in [7, 11) is -3.96. The molecule has 2 aromatic carbocycles. The second kappa shape index (κ2) is 7.84. The highest BCUT2D eigenvalue weighted by Crippen LogP contribution is 2.19. The lowest BCUT2D eigenvalue weighted by Crippen LogP contribution is -2.52. The molecule has 2 aromatic rings. The Balaban J connectivity index is 2.27. The number of carbonyl (C=O) groups excluding carboxylic acids is 1. The molecule has 0 aliphatic rings. The molecule has 7 nitrogen and oxygen atoms in total. The van der Waals surface area contributed by atoms with Gasteiger partial charge in [0.1, 0.15) is 12.1 Å². The van der Waals surface area contributed by atoms with Gasteiger partial charge in [0.15, 0.2) is 0 Å². The molecule has 0 saturated heterocycles. The molecule has 0 fully saturated rings. The predicted octanol–water partition coefficient (Wildman–Crippen LogP) is 1.73. The van der Waals surface area contributed by atoms with Crippen molar-refractivity contribution in [3.8, 4) is 0 Å². The van der Waals surface area contributed by atoms with E-state index in [9.17, 15) is 18.0 Å². The summed E-state index contributed by atoms with van der Waals surface area (Å²) in [6.45, 7) is 4.67. The lowest BCUT2D eigenvalue weighted by Gasteiger charge is -2.23. The molecule has 26 heavy (non-hydrogen) atoms. The molecule has 0 aliphatic carbocycles. The number of sulfonamides is 1. The molecule has 0 aliphatic heterocycles. The highest BCUT2D eigenvalue weighted by molar-refractivity contribution is 7.89. The zero-order valence-corrected chi connectivity index (χ0v) is 15.6. The van der Waals surface area contributed by atoms with Gasteiger partial charge in [0.05, 0.1) is 4.90 Å². The van der Waals surface area contributed by atoms with Crippen molar-refractivity contribution in [3.05, 3.63) is 42.5 Å². The number of hydrogen-bond donors (Lipinski definition) is 3. The van der Waals surface area contributed by atoms with Gasteiger partial charge in [0, 0.05) is 0 Å². The molecule has 0 spiro atoms. The van der Waals surface area contributed by atoms with Gasteiger partial charge >= 0.3 is 5.97 Å². The second-order valence-corrected chi connectivity index (χ2v) is 8.13. The first-order chi connectivity index (χ1) is 12.1. The summed E-state index contributed by atoms with van der Waals surface area (Å²) in [5.74, 6) is -2.25. The number of carboxylic acids is 1. The van der Waals surface area contributed by atoms with Crippen LogP contribution in [0.25, 0.3) is 10.8 Å². The largest absolute Gasteiger partial charge is 0.480 e. The minimum absolute atomic E-state index is 0.0425. The number of carboxylic acid groups (broad SMARTS) is 1. The maximum Gasteiger partial charge on any atom is 0.325 e. The molecule has 0 aromatic heterocycles. The second-order valence-electron chi connectivity index (χ2n) is 6.42. The van der Waals surface area contributed by atoms with E-state index < -0.39 is 34.0 Å². The summed E-state index contributed by atoms with van der Waals surface area (Å²) in [4.78, 5) is 23.3. The standard InChI is InChI=1S/C18H22N2O5S/c1-11(2)16(17(21)19-12(3)18(22)23)20-26(24,25)15-9-8-13-6-4-5-7-14(13)10-15/h4-12,16,20H,1-3H3,(H,19,21)(H,22,23)/t12-,16-/m0/s1. The molecule has 0 radical (unpaired) electrons. The summed E-state index contributed by atoms with van der Waals surface area (Å²) < 4.78 is 27.8. The van der Waals surface area contributed by atoms with Crippen LogP contribution in [0.15, 0.2) is 47.4 Å². The van der Waals surface area contributed by atoms with Crippen LogP contribution >= 0.6 is 0 Å². The molecule has 8 heteroatoms. The third-order valence-electron chi connectivity index (χ3n) is 3.99. The van der Waals surface area contributed by atoms with Crippen LogP contribution in [0.3, 0.4) is 0 Å². The van der Waals surface area contributed by atoms with Gasteiger partial charge in [0.2, 0.25) is 15.9 Å². The predicted molar refractivity (Wildman–Crippen MR) is 98.1 cm³/mol. The van der Waals surface area contributed by atoms with E-state index in [1.807, 2.05) is 18.2 Å². The number of amides is 1. The van der Waals surface area contributed by atoms with Gasteiger partial charge in [-0.25, -0.2) is 8.42 Å². The van der Waals surface area contributed by atoms with Crippen molar-refractivity contribution in [2.75, 3.05) is 0 Å². The Morgan fingerprint density at radius 1 is 1.00 bits per heavy atom. The normalized spacial score (nSPS) is 14.2. The van der Waals surface area contributed by atoms with Crippen molar-refractivity contribution in [1.29, 1.82) is 0 Å². The van der Waals surface area contributed by atoms with Crippen LogP contribution in [0, 0.1) is 5.92 Å². The third kappa shape index (κ3) is 4.59. The number of aliphatic carboxylic acids is 1. The van der Waals surface area contributed by atoms with Crippen LogP contribution in [0.1, 0.15) is 20.8 Å². The maximum atomic E-state index is 12.7. The topological polar surface area (TPSA) is 113 Å². The van der Waals surface area contributed by atoms with E-state index in [1.54, 1.807) is 26.0 Å². The first kappa shape index (κ1) is 19.9. The Hall–Kier alpha value is -2.45. The van der Waals surface area contributed by atoms with Crippen molar-refractivity contribution < 1.29 is 23.1 Å². The fraction of sp³-hybridized carbons (Fsp3) is 0.333. The molecular weight excluding hydrogens is 356 g/mol. The van der Waals surface area contributed by atoms with Crippen molar-refractivity contribution in [2.45, 2.75) is 37.8 Å². The van der Waals surface area contributed by atoms with E-state index >= 15 is 0 Å². The van der Waals surface area contributed by atoms with Crippen LogP contribution in [0.4, 0.5) is 0 Å². The van der Waals surface area contributed by atoms with Crippen molar-refractivity contribution >= 4 is 32.7 Å². The molecule has 3 N–H and O–H groups in total. The van der Waals surface area contributed by atoms with Crippen molar-refractivity contribution in [1.82, 2.24) is 10.0 Å². The van der Waals surface area contributed by atoms with E-state index in [4.69, 9.17) is 5.11 Å². The molecule has 0 unspecified atom stereocenters. The molecule has 0 saturated carbocycles. The first-order valence-electron chi connectivity index (χ1n) is 8.16. The Bertz CT molecular complexity index is 924. The SMILES string of the molecule is CC(C)[C@H](NS(=O)(=O)c1ccc2ccccc2c1)C(=O)N[C@@H](C)C(=O)O. The van der Waals surface area contributed by atoms with Gasteiger partial charge in [-0.2, -0.15) is 4.72 Å². The average Bonchev–Trinajstić information content (AvgIpc) is 2.58. The van der Waals surface area contributed by atoms with Gasteiger partial charge in [-0.05, 0) is 35.7 Å². The molecule has 0 heterocycles. The van der Waals surface area contributed by atoms with Crippen LogP contribution < -0.4 is 10.0 Å². The number of fused-ring (bicyclic) bond motifs is 1. The Labute approximate surface area is 152 Å². The fourth-order valence-corrected chi connectivity index (χ4v) is 3.81. The van der Waals surface area contributed by atoms with E-state index in [0.29, 0.717) is 0 Å². The smallest absolute Gasteiger partial charge is 0.325 e. The Kier molecular flexibility index (Phi) is 5.99. The average molecular weight is 378 g/mol. The first-order valence-corrected chi connectivity index (χ1v) is 9.64. The minimum atomic E-state index is -3.96. The molecule has 2 rings (SSSR count). The number of carbonyl (C=O) groups is 2. The molecule has 0 bridgehead atoms. The van der Waals surface area contributed by atoms with Crippen molar-refractivity contribution in [3.63, 3.8) is 0 Å². The highest BCUT2D eigenvalue weighted by atomic mass is 32.2. The van der Waals surface area contributed by atoms with Crippen LogP contribution in [0.2, 0.25) is 0 Å². The van der Waals surface area contributed by atoms with Gasteiger partial charge in [-0.1, -0.05) is 44.2 Å². The fourth-order valence-electron chi connectivity index (χ4n) is 2.43. The highest BCUT2D eigenvalue weighted by Gasteiger charge is 2.30. The van der Waals surface area contributed by atoms with Crippen molar-refractivity contribution in [2.24, 2.45) is 5.92 Å². The molecular formula is C18H22N2O5S. The summed E-state index contributed by atoms with van der Waals surface area (Å²) in [6, 6.07) is 9.84. The van der Waals surface area contributed by atoms with Gasteiger partial charge in [0.25, 0.3) is 0 Å². The number of rotatable bonds is 7. The Morgan fingerprint density at radius 3 is 2.19 bits per heavy atom. The number of nitrogens with one attached hydrogen (secondary N) is 2. The van der Waals surface area contributed by atoms with E-state index in [2.05, 4.69) is 10.0 Å². The number of hydrogen-bond acceptors (Lipinski definition) is 4. The Morgan fingerprint density at radius 2 is 1.62 bits per heavy atom. The summed E-state index contributed by atoms with van der Waals surface area (Å²) in [6.07, 6.45) is 0. The van der Waals surface area contributed by atoms with E-state index in [0.717, 1.165) is 10.8 Å². The van der Waals surface area contributed by atoms with Gasteiger partial charge in [-0.3, -0.25) is 9.59 Å². The lowest BCUT2D eigenvalue weighted by molar-refractivity contribution is -0.141. The molecule has 1 amide bonds. The van der Waals surface area contributed by atoms with Gasteiger partial charge < -0.3 is 10.4 Å². The molecule has 2 atom stereocenters. The zero-order chi connectivity index (χ0) is 19.5.